The fraction of sp³-hybridized carbons (Fsp3) is 0.524. The van der Waals surface area contributed by atoms with E-state index in [0.717, 1.165) is 0 Å². The van der Waals surface area contributed by atoms with Gasteiger partial charge in [-0.1, -0.05) is 26.1 Å². The number of hydrogen-bond acceptors (Lipinski definition) is 7. The predicted molar refractivity (Wildman–Crippen MR) is 115 cm³/mol. The van der Waals surface area contributed by atoms with Crippen molar-refractivity contribution in [2.75, 3.05) is 32.2 Å². The summed E-state index contributed by atoms with van der Waals surface area (Å²) in [4.78, 5) is 34.6. The summed E-state index contributed by atoms with van der Waals surface area (Å²) >= 11 is 5.83. The number of benzene rings is 1. The zero-order chi connectivity index (χ0) is 21.9. The number of nitrogens with zero attached hydrogens (tertiary/aromatic N) is 3. The van der Waals surface area contributed by atoms with E-state index >= 15 is 0 Å². The Morgan fingerprint density at radius 2 is 1.90 bits per heavy atom. The first-order valence-electron chi connectivity index (χ1n) is 9.71. The fourth-order valence-corrected chi connectivity index (χ4v) is 4.70. The number of fused-ring (bicyclic) bond motifs is 4. The van der Waals surface area contributed by atoms with Crippen LogP contribution < -0.4 is 9.64 Å². The molecule has 1 aromatic carbocycles. The van der Waals surface area contributed by atoms with E-state index in [0.29, 0.717) is 35.4 Å². The molecule has 30 heavy (non-hydrogen) atoms. The lowest BCUT2D eigenvalue weighted by Gasteiger charge is -2.48. The molecule has 3 aliphatic rings. The zero-order valence-corrected chi connectivity index (χ0v) is 18.5. The van der Waals surface area contributed by atoms with Crippen LogP contribution >= 0.6 is 12.2 Å². The van der Waals surface area contributed by atoms with Crippen LogP contribution in [-0.2, 0) is 19.1 Å². The molecule has 3 aliphatic heterocycles. The van der Waals surface area contributed by atoms with Gasteiger partial charge < -0.3 is 14.2 Å². The molecule has 0 radical (unpaired) electrons. The third kappa shape index (κ3) is 2.83. The molecule has 0 saturated carbocycles. The summed E-state index contributed by atoms with van der Waals surface area (Å²) in [6.45, 7) is 6.92. The number of aliphatic imine (C=N–C) groups is 1. The Labute approximate surface area is 180 Å². The Kier molecular flexibility index (Phi) is 4.66. The van der Waals surface area contributed by atoms with Gasteiger partial charge in [0, 0.05) is 24.2 Å². The summed E-state index contributed by atoms with van der Waals surface area (Å²) in [7, 11) is 2.86. The summed E-state index contributed by atoms with van der Waals surface area (Å²) < 4.78 is 16.5. The van der Waals surface area contributed by atoms with Crippen LogP contribution in [0, 0.1) is 5.41 Å². The standard InChI is InChI=1S/C21H25N3O5S/c1-19(2)11-22-16-20(3)18(30)24(13-6-8-14(27-4)9-7-13)21(29-20,10-15(25)28-5)17(26)23(16)12-19/h6-9H,10-12H2,1-5H3. The number of ether oxygens (including phenoxy) is 3. The molecule has 160 valence electrons. The van der Waals surface area contributed by atoms with Gasteiger partial charge in [-0.2, -0.15) is 0 Å². The van der Waals surface area contributed by atoms with Gasteiger partial charge in [0.2, 0.25) is 5.72 Å². The molecule has 8 nitrogen and oxygen atoms in total. The van der Waals surface area contributed by atoms with E-state index in [1.165, 1.54) is 7.11 Å². The van der Waals surface area contributed by atoms with Gasteiger partial charge in [0.25, 0.3) is 5.91 Å². The number of amides is 1. The number of amidine groups is 1. The third-order valence-corrected chi connectivity index (χ3v) is 6.36. The Hall–Kier alpha value is -2.52. The topological polar surface area (TPSA) is 80.7 Å². The molecule has 2 fully saturated rings. The molecule has 4 rings (SSSR count). The van der Waals surface area contributed by atoms with E-state index in [1.54, 1.807) is 41.2 Å². The molecule has 2 bridgehead atoms. The van der Waals surface area contributed by atoms with E-state index < -0.39 is 17.3 Å². The number of rotatable bonds is 4. The lowest BCUT2D eigenvalue weighted by Crippen LogP contribution is -2.68. The van der Waals surface area contributed by atoms with Crippen LogP contribution in [0.4, 0.5) is 5.69 Å². The number of anilines is 1. The average Bonchev–Trinajstić information content (AvgIpc) is 2.91. The van der Waals surface area contributed by atoms with Crippen molar-refractivity contribution in [3.63, 3.8) is 0 Å². The van der Waals surface area contributed by atoms with E-state index in [-0.39, 0.29) is 17.7 Å². The van der Waals surface area contributed by atoms with Crippen LogP contribution in [0.3, 0.4) is 0 Å². The molecule has 0 spiro atoms. The van der Waals surface area contributed by atoms with Crippen LogP contribution in [0.25, 0.3) is 0 Å². The molecule has 0 aliphatic carbocycles. The van der Waals surface area contributed by atoms with Crippen molar-refractivity contribution in [3.8, 4) is 5.75 Å². The lowest BCUT2D eigenvalue weighted by molar-refractivity contribution is -0.173. The molecule has 0 N–H and O–H groups in total. The maximum atomic E-state index is 13.9. The maximum absolute atomic E-state index is 13.9. The van der Waals surface area contributed by atoms with Crippen LogP contribution in [-0.4, -0.2) is 66.2 Å². The Balaban J connectivity index is 1.90. The second-order valence-electron chi connectivity index (χ2n) is 8.71. The first kappa shape index (κ1) is 20.7. The molecule has 1 amide bonds. The molecule has 1 aromatic rings. The smallest absolute Gasteiger partial charge is 0.311 e. The summed E-state index contributed by atoms with van der Waals surface area (Å²) in [6.07, 6.45) is -0.297. The summed E-state index contributed by atoms with van der Waals surface area (Å²) in [5, 5.41) is 0. The van der Waals surface area contributed by atoms with Crippen LogP contribution in [0.1, 0.15) is 27.2 Å². The second-order valence-corrected chi connectivity index (χ2v) is 9.09. The number of carbonyl (C=O) groups excluding carboxylic acids is 2. The van der Waals surface area contributed by atoms with Crippen molar-refractivity contribution in [2.24, 2.45) is 10.4 Å². The Morgan fingerprint density at radius 1 is 1.23 bits per heavy atom. The number of methoxy groups -OCH3 is 2. The number of esters is 1. The number of thiocarbonyl (C=S) groups is 1. The monoisotopic (exact) mass is 431 g/mol. The molecule has 9 heteroatoms. The van der Waals surface area contributed by atoms with Gasteiger partial charge in [0.1, 0.15) is 23.0 Å². The van der Waals surface area contributed by atoms with Crippen LogP contribution in [0.15, 0.2) is 29.3 Å². The zero-order valence-electron chi connectivity index (χ0n) is 17.7. The summed E-state index contributed by atoms with van der Waals surface area (Å²) in [5.41, 5.74) is -2.33. The van der Waals surface area contributed by atoms with Gasteiger partial charge in [-0.3, -0.25) is 24.4 Å². The van der Waals surface area contributed by atoms with Crippen molar-refractivity contribution in [1.82, 2.24) is 4.90 Å². The molecule has 3 heterocycles. The highest BCUT2D eigenvalue weighted by Crippen LogP contribution is 2.49. The van der Waals surface area contributed by atoms with E-state index in [2.05, 4.69) is 4.99 Å². The minimum Gasteiger partial charge on any atom is -0.497 e. The Bertz CT molecular complexity index is 960. The molecular formula is C21H25N3O5S. The first-order valence-corrected chi connectivity index (χ1v) is 10.1. The van der Waals surface area contributed by atoms with Crippen molar-refractivity contribution in [2.45, 2.75) is 38.5 Å². The van der Waals surface area contributed by atoms with E-state index in [1.807, 2.05) is 20.8 Å². The van der Waals surface area contributed by atoms with Crippen LogP contribution in [0.5, 0.6) is 5.75 Å². The minimum atomic E-state index is -1.64. The van der Waals surface area contributed by atoms with Gasteiger partial charge in [-0.25, -0.2) is 0 Å². The predicted octanol–water partition coefficient (Wildman–Crippen LogP) is 2.16. The Morgan fingerprint density at radius 3 is 2.50 bits per heavy atom. The van der Waals surface area contributed by atoms with E-state index in [4.69, 9.17) is 26.4 Å². The van der Waals surface area contributed by atoms with Gasteiger partial charge in [-0.15, -0.1) is 0 Å². The normalized spacial score (nSPS) is 29.4. The number of hydrogen-bond donors (Lipinski definition) is 0. The molecule has 2 atom stereocenters. The molecule has 2 unspecified atom stereocenters. The lowest BCUT2D eigenvalue weighted by atomic mass is 9.88. The SMILES string of the molecule is COC(=O)CC12OC(C)(C(=S)N1c1ccc(OC)cc1)C1=NCC(C)(C)CN1C2=O. The molecular weight excluding hydrogens is 406 g/mol. The minimum absolute atomic E-state index is 0.203. The highest BCUT2D eigenvalue weighted by molar-refractivity contribution is 7.81. The maximum Gasteiger partial charge on any atom is 0.311 e. The third-order valence-electron chi connectivity index (χ3n) is 5.79. The quantitative estimate of drug-likeness (QED) is 0.534. The van der Waals surface area contributed by atoms with Crippen molar-refractivity contribution in [3.05, 3.63) is 24.3 Å². The van der Waals surface area contributed by atoms with Crippen molar-refractivity contribution >= 4 is 40.6 Å². The van der Waals surface area contributed by atoms with Gasteiger partial charge in [-0.05, 0) is 31.2 Å². The van der Waals surface area contributed by atoms with Gasteiger partial charge in [0.05, 0.1) is 14.2 Å². The van der Waals surface area contributed by atoms with Crippen molar-refractivity contribution in [1.29, 1.82) is 0 Å². The fourth-order valence-electron chi connectivity index (χ4n) is 4.32. The average molecular weight is 432 g/mol. The van der Waals surface area contributed by atoms with Gasteiger partial charge >= 0.3 is 5.97 Å². The number of carbonyl (C=O) groups is 2. The largest absolute Gasteiger partial charge is 0.497 e. The van der Waals surface area contributed by atoms with E-state index in [9.17, 15) is 9.59 Å². The first-order chi connectivity index (χ1) is 14.1. The second kappa shape index (κ2) is 6.75. The highest BCUT2D eigenvalue weighted by Gasteiger charge is 2.70. The highest BCUT2D eigenvalue weighted by atomic mass is 32.1. The molecule has 2 saturated heterocycles. The summed E-state index contributed by atoms with van der Waals surface area (Å²) in [5.74, 6) is 0.224. The van der Waals surface area contributed by atoms with Crippen molar-refractivity contribution < 1.29 is 23.8 Å². The van der Waals surface area contributed by atoms with Crippen LogP contribution in [0.2, 0.25) is 0 Å². The van der Waals surface area contributed by atoms with Gasteiger partial charge in [0.15, 0.2) is 5.60 Å². The summed E-state index contributed by atoms with van der Waals surface area (Å²) in [6, 6.07) is 7.12. The number of morpholine rings is 1. The molecule has 0 aromatic heterocycles.